The molecule has 0 aliphatic carbocycles. The van der Waals surface area contributed by atoms with E-state index < -0.39 is 10.0 Å². The molecule has 1 aliphatic rings. The maximum Gasteiger partial charge on any atom is 0.241 e. The van der Waals surface area contributed by atoms with Gasteiger partial charge in [-0.1, -0.05) is 30.7 Å². The van der Waals surface area contributed by atoms with Crippen LogP contribution in [0.3, 0.4) is 0 Å². The van der Waals surface area contributed by atoms with Crippen LogP contribution >= 0.6 is 0 Å². The Labute approximate surface area is 171 Å². The Hall–Kier alpha value is -2.74. The summed E-state index contributed by atoms with van der Waals surface area (Å²) in [5.74, 6) is 0.630. The first kappa shape index (κ1) is 21.0. The van der Waals surface area contributed by atoms with Crippen molar-refractivity contribution in [3.8, 4) is 11.5 Å². The maximum atomic E-state index is 12.8. The van der Waals surface area contributed by atoms with Crippen LogP contribution in [0.1, 0.15) is 36.1 Å². The lowest BCUT2D eigenvalue weighted by Crippen LogP contribution is -2.41. The van der Waals surface area contributed by atoms with Crippen LogP contribution in [0.2, 0.25) is 0 Å². The number of aryl methyl sites for hydroxylation is 2. The van der Waals surface area contributed by atoms with E-state index in [2.05, 4.69) is 11.4 Å². The molecule has 2 aromatic carbocycles. The minimum absolute atomic E-state index is 0.0895. The molecule has 2 aromatic rings. The fourth-order valence-corrected chi connectivity index (χ4v) is 4.28. The number of rotatable bonds is 7. The van der Waals surface area contributed by atoms with Crippen molar-refractivity contribution < 1.29 is 22.7 Å². The number of sulfonamides is 1. The SMILES string of the molecule is CC[C@H](NC(=O)CN(c1ccc2c(c1)OCO2)S(C)(=O)=O)c1ccc(C)cc1C. The highest BCUT2D eigenvalue weighted by Crippen LogP contribution is 2.36. The molecule has 1 atom stereocenters. The van der Waals surface area contributed by atoms with E-state index in [1.54, 1.807) is 18.2 Å². The van der Waals surface area contributed by atoms with Gasteiger partial charge in [0.05, 0.1) is 18.0 Å². The van der Waals surface area contributed by atoms with Gasteiger partial charge in [0.25, 0.3) is 0 Å². The molecule has 0 aromatic heterocycles. The highest BCUT2D eigenvalue weighted by molar-refractivity contribution is 7.92. The van der Waals surface area contributed by atoms with Gasteiger partial charge in [0.1, 0.15) is 6.54 Å². The van der Waals surface area contributed by atoms with Crippen molar-refractivity contribution in [3.63, 3.8) is 0 Å². The topological polar surface area (TPSA) is 84.9 Å². The van der Waals surface area contributed by atoms with Crippen LogP contribution in [0.25, 0.3) is 0 Å². The second-order valence-corrected chi connectivity index (χ2v) is 9.10. The molecule has 1 aliphatic heterocycles. The quantitative estimate of drug-likeness (QED) is 0.747. The molecular formula is C21H26N2O5S. The summed E-state index contributed by atoms with van der Waals surface area (Å²) in [6, 6.07) is 10.7. The minimum atomic E-state index is -3.68. The average molecular weight is 419 g/mol. The Bertz CT molecular complexity index is 1020. The standard InChI is InChI=1S/C21H26N2O5S/c1-5-18(17-8-6-14(2)10-15(17)3)22-21(24)12-23(29(4,25)26)16-7-9-19-20(11-16)28-13-27-19/h6-11,18H,5,12-13H2,1-4H3,(H,22,24)/t18-/m0/s1. The number of nitrogens with one attached hydrogen (secondary N) is 1. The lowest BCUT2D eigenvalue weighted by molar-refractivity contribution is -0.120. The van der Waals surface area contributed by atoms with Gasteiger partial charge in [-0.25, -0.2) is 8.42 Å². The molecule has 0 fully saturated rings. The summed E-state index contributed by atoms with van der Waals surface area (Å²) in [5, 5.41) is 2.97. The smallest absolute Gasteiger partial charge is 0.241 e. The zero-order valence-corrected chi connectivity index (χ0v) is 17.9. The number of nitrogens with zero attached hydrogens (tertiary/aromatic N) is 1. The lowest BCUT2D eigenvalue weighted by atomic mass is 9.97. The van der Waals surface area contributed by atoms with Crippen molar-refractivity contribution >= 4 is 21.6 Å². The summed E-state index contributed by atoms with van der Waals surface area (Å²) < 4.78 is 36.4. The predicted molar refractivity (Wildman–Crippen MR) is 112 cm³/mol. The zero-order valence-electron chi connectivity index (χ0n) is 17.1. The Morgan fingerprint density at radius 3 is 2.52 bits per heavy atom. The molecule has 156 valence electrons. The van der Waals surface area contributed by atoms with Gasteiger partial charge >= 0.3 is 0 Å². The highest BCUT2D eigenvalue weighted by atomic mass is 32.2. The molecule has 0 saturated carbocycles. The molecule has 1 N–H and O–H groups in total. The summed E-state index contributed by atoms with van der Waals surface area (Å²) in [7, 11) is -3.68. The molecule has 0 radical (unpaired) electrons. The van der Waals surface area contributed by atoms with E-state index in [1.165, 1.54) is 0 Å². The predicted octanol–water partition coefficient (Wildman–Crippen LogP) is 3.07. The van der Waals surface area contributed by atoms with E-state index in [9.17, 15) is 13.2 Å². The number of hydrogen-bond donors (Lipinski definition) is 1. The number of anilines is 1. The minimum Gasteiger partial charge on any atom is -0.454 e. The van der Waals surface area contributed by atoms with Gasteiger partial charge in [0.15, 0.2) is 11.5 Å². The summed E-state index contributed by atoms with van der Waals surface area (Å²) in [6.45, 7) is 5.78. The van der Waals surface area contributed by atoms with Crippen LogP contribution in [0.5, 0.6) is 11.5 Å². The zero-order chi connectivity index (χ0) is 21.2. The number of hydrogen-bond acceptors (Lipinski definition) is 5. The lowest BCUT2D eigenvalue weighted by Gasteiger charge is -2.25. The van der Waals surface area contributed by atoms with Gasteiger partial charge in [-0.3, -0.25) is 9.10 Å². The number of carbonyl (C=O) groups excluding carboxylic acids is 1. The van der Waals surface area contributed by atoms with Crippen LogP contribution in [-0.2, 0) is 14.8 Å². The van der Waals surface area contributed by atoms with Crippen LogP contribution in [0.15, 0.2) is 36.4 Å². The molecule has 8 heteroatoms. The molecule has 0 spiro atoms. The molecule has 0 bridgehead atoms. The highest BCUT2D eigenvalue weighted by Gasteiger charge is 2.25. The average Bonchev–Trinajstić information content (AvgIpc) is 3.11. The van der Waals surface area contributed by atoms with E-state index in [4.69, 9.17) is 9.47 Å². The first-order valence-corrected chi connectivity index (χ1v) is 11.3. The van der Waals surface area contributed by atoms with E-state index >= 15 is 0 Å². The van der Waals surface area contributed by atoms with Crippen LogP contribution in [-0.4, -0.2) is 33.9 Å². The summed E-state index contributed by atoms with van der Waals surface area (Å²) in [4.78, 5) is 12.8. The summed E-state index contributed by atoms with van der Waals surface area (Å²) in [5.41, 5.74) is 3.62. The summed E-state index contributed by atoms with van der Waals surface area (Å²) in [6.07, 6.45) is 1.77. The Balaban J connectivity index is 1.80. The first-order valence-electron chi connectivity index (χ1n) is 9.43. The molecule has 29 heavy (non-hydrogen) atoms. The van der Waals surface area contributed by atoms with Crippen LogP contribution < -0.4 is 19.1 Å². The van der Waals surface area contributed by atoms with Gasteiger partial charge in [0.2, 0.25) is 22.7 Å². The third-order valence-electron chi connectivity index (χ3n) is 4.88. The van der Waals surface area contributed by atoms with Gasteiger partial charge in [-0.2, -0.15) is 0 Å². The Kier molecular flexibility index (Phi) is 6.02. The van der Waals surface area contributed by atoms with Crippen molar-refractivity contribution in [1.29, 1.82) is 0 Å². The van der Waals surface area contributed by atoms with Crippen molar-refractivity contribution in [2.24, 2.45) is 0 Å². The third kappa shape index (κ3) is 4.82. The van der Waals surface area contributed by atoms with Crippen molar-refractivity contribution in [1.82, 2.24) is 5.32 Å². The monoisotopic (exact) mass is 418 g/mol. The fraction of sp³-hybridized carbons (Fsp3) is 0.381. The van der Waals surface area contributed by atoms with E-state index in [0.29, 0.717) is 23.6 Å². The van der Waals surface area contributed by atoms with Crippen molar-refractivity contribution in [2.75, 3.05) is 23.9 Å². The van der Waals surface area contributed by atoms with E-state index in [0.717, 1.165) is 27.3 Å². The molecule has 0 saturated heterocycles. The second-order valence-electron chi connectivity index (χ2n) is 7.20. The van der Waals surface area contributed by atoms with Crippen LogP contribution in [0, 0.1) is 13.8 Å². The second kappa shape index (κ2) is 8.32. The van der Waals surface area contributed by atoms with Crippen LogP contribution in [0.4, 0.5) is 5.69 Å². The summed E-state index contributed by atoms with van der Waals surface area (Å²) >= 11 is 0. The van der Waals surface area contributed by atoms with E-state index in [1.807, 2.05) is 32.9 Å². The van der Waals surface area contributed by atoms with Gasteiger partial charge in [0, 0.05) is 6.07 Å². The maximum absolute atomic E-state index is 12.8. The molecule has 0 unspecified atom stereocenters. The van der Waals surface area contributed by atoms with Crippen molar-refractivity contribution in [2.45, 2.75) is 33.2 Å². The Morgan fingerprint density at radius 2 is 1.86 bits per heavy atom. The number of carbonyl (C=O) groups is 1. The molecule has 3 rings (SSSR count). The molecule has 7 nitrogen and oxygen atoms in total. The molecular weight excluding hydrogens is 392 g/mol. The third-order valence-corrected chi connectivity index (χ3v) is 6.02. The Morgan fingerprint density at radius 1 is 1.14 bits per heavy atom. The van der Waals surface area contributed by atoms with E-state index in [-0.39, 0.29) is 25.3 Å². The normalized spacial score (nSPS) is 13.8. The molecule has 1 heterocycles. The van der Waals surface area contributed by atoms with Gasteiger partial charge in [-0.15, -0.1) is 0 Å². The van der Waals surface area contributed by atoms with Gasteiger partial charge in [-0.05, 0) is 43.5 Å². The first-order chi connectivity index (χ1) is 13.7. The van der Waals surface area contributed by atoms with Gasteiger partial charge < -0.3 is 14.8 Å². The number of amides is 1. The number of benzene rings is 2. The largest absolute Gasteiger partial charge is 0.454 e. The fourth-order valence-electron chi connectivity index (χ4n) is 3.43. The van der Waals surface area contributed by atoms with Crippen molar-refractivity contribution in [3.05, 3.63) is 53.1 Å². The molecule has 1 amide bonds. The number of ether oxygens (including phenoxy) is 2. The number of fused-ring (bicyclic) bond motifs is 1.